The van der Waals surface area contributed by atoms with E-state index in [4.69, 9.17) is 27.9 Å². The highest BCUT2D eigenvalue weighted by atomic mass is 35.5. The predicted octanol–water partition coefficient (Wildman–Crippen LogP) is 3.95. The minimum absolute atomic E-state index is 0.144. The monoisotopic (exact) mass is 284 g/mol. The normalized spacial score (nSPS) is 21.6. The molecule has 2 heterocycles. The lowest BCUT2D eigenvalue weighted by Gasteiger charge is -2.16. The van der Waals surface area contributed by atoms with E-state index in [1.807, 2.05) is 25.1 Å². The van der Waals surface area contributed by atoms with Gasteiger partial charge in [0.15, 0.2) is 0 Å². The van der Waals surface area contributed by atoms with Gasteiger partial charge in [0.2, 0.25) is 0 Å². The van der Waals surface area contributed by atoms with Crippen molar-refractivity contribution < 1.29 is 4.74 Å². The molecule has 1 aliphatic rings. The number of hydrogen-bond acceptors (Lipinski definition) is 2. The summed E-state index contributed by atoms with van der Waals surface area (Å²) >= 11 is 12.6. The molecule has 96 valence electrons. The molecule has 0 radical (unpaired) electrons. The number of benzene rings is 1. The van der Waals surface area contributed by atoms with Gasteiger partial charge in [-0.05, 0) is 25.5 Å². The molecule has 5 heteroatoms. The van der Waals surface area contributed by atoms with Gasteiger partial charge >= 0.3 is 0 Å². The zero-order chi connectivity index (χ0) is 12.7. The highest BCUT2D eigenvalue weighted by molar-refractivity contribution is 6.35. The molecule has 1 aliphatic heterocycles. The van der Waals surface area contributed by atoms with Gasteiger partial charge in [0.25, 0.3) is 0 Å². The molecule has 18 heavy (non-hydrogen) atoms. The number of ether oxygens (including phenoxy) is 1. The molecule has 0 spiro atoms. The third kappa shape index (κ3) is 1.91. The van der Waals surface area contributed by atoms with E-state index in [0.29, 0.717) is 6.61 Å². The fourth-order valence-electron chi connectivity index (χ4n) is 2.50. The lowest BCUT2D eigenvalue weighted by Crippen LogP contribution is -2.12. The van der Waals surface area contributed by atoms with Crippen molar-refractivity contribution in [3.05, 3.63) is 29.0 Å². The second-order valence-electron chi connectivity index (χ2n) is 4.58. The van der Waals surface area contributed by atoms with Crippen LogP contribution in [0.5, 0.6) is 0 Å². The fourth-order valence-corrected chi connectivity index (χ4v) is 2.91. The molecular weight excluding hydrogens is 271 g/mol. The van der Waals surface area contributed by atoms with Crippen molar-refractivity contribution in [2.75, 3.05) is 13.2 Å². The maximum atomic E-state index is 6.31. The number of nitrogens with zero attached hydrogens (tertiary/aromatic N) is 2. The van der Waals surface area contributed by atoms with Crippen LogP contribution in [0.1, 0.15) is 30.6 Å². The van der Waals surface area contributed by atoms with Crippen LogP contribution in [0.15, 0.2) is 18.2 Å². The number of fused-ring (bicyclic) bond motifs is 1. The number of alkyl halides is 1. The maximum absolute atomic E-state index is 6.31. The van der Waals surface area contributed by atoms with Crippen molar-refractivity contribution in [2.24, 2.45) is 0 Å². The Bertz CT molecular complexity index is 574. The van der Waals surface area contributed by atoms with Crippen molar-refractivity contribution in [3.8, 4) is 0 Å². The first-order chi connectivity index (χ1) is 8.68. The Balaban J connectivity index is 2.26. The Labute approximate surface area is 116 Å². The average molecular weight is 285 g/mol. The number of aromatic nitrogens is 2. The molecule has 0 N–H and O–H groups in total. The third-order valence-electron chi connectivity index (χ3n) is 3.31. The smallest absolute Gasteiger partial charge is 0.128 e. The van der Waals surface area contributed by atoms with Crippen LogP contribution in [0, 0.1) is 0 Å². The number of hydrogen-bond donors (Lipinski definition) is 0. The third-order valence-corrected chi connectivity index (χ3v) is 3.81. The van der Waals surface area contributed by atoms with E-state index < -0.39 is 0 Å². The minimum Gasteiger partial charge on any atom is -0.379 e. The van der Waals surface area contributed by atoms with E-state index in [1.54, 1.807) is 0 Å². The molecule has 0 aliphatic carbocycles. The van der Waals surface area contributed by atoms with Crippen molar-refractivity contribution in [2.45, 2.75) is 24.8 Å². The Hall–Kier alpha value is -0.770. The lowest BCUT2D eigenvalue weighted by molar-refractivity contribution is 0.186. The lowest BCUT2D eigenvalue weighted by atomic mass is 10.2. The van der Waals surface area contributed by atoms with Crippen LogP contribution < -0.4 is 0 Å². The van der Waals surface area contributed by atoms with Gasteiger partial charge in [-0.1, -0.05) is 17.7 Å². The van der Waals surface area contributed by atoms with Crippen molar-refractivity contribution in [3.63, 3.8) is 0 Å². The van der Waals surface area contributed by atoms with Crippen molar-refractivity contribution >= 4 is 34.2 Å². The molecule has 2 unspecified atom stereocenters. The summed E-state index contributed by atoms with van der Waals surface area (Å²) in [7, 11) is 0. The molecule has 0 bridgehead atoms. The van der Waals surface area contributed by atoms with Crippen LogP contribution in [-0.2, 0) is 4.74 Å². The summed E-state index contributed by atoms with van der Waals surface area (Å²) in [6.07, 6.45) is 0.979. The predicted molar refractivity (Wildman–Crippen MR) is 73.5 cm³/mol. The maximum Gasteiger partial charge on any atom is 0.128 e. The van der Waals surface area contributed by atoms with Gasteiger partial charge in [-0.2, -0.15) is 0 Å². The van der Waals surface area contributed by atoms with Gasteiger partial charge in [0, 0.05) is 6.61 Å². The van der Waals surface area contributed by atoms with Gasteiger partial charge in [-0.3, -0.25) is 0 Å². The van der Waals surface area contributed by atoms with Crippen LogP contribution in [0.25, 0.3) is 11.0 Å². The summed E-state index contributed by atoms with van der Waals surface area (Å²) in [6.45, 7) is 3.42. The number of halogens is 2. The molecule has 2 aromatic rings. The quantitative estimate of drug-likeness (QED) is 0.781. The second kappa shape index (κ2) is 4.72. The molecule has 0 saturated carbocycles. The molecule has 0 amide bonds. The summed E-state index contributed by atoms with van der Waals surface area (Å²) in [5.41, 5.74) is 1.87. The highest BCUT2D eigenvalue weighted by Crippen LogP contribution is 2.34. The van der Waals surface area contributed by atoms with E-state index in [9.17, 15) is 0 Å². The molecule has 1 saturated heterocycles. The summed E-state index contributed by atoms with van der Waals surface area (Å²) in [5, 5.41) is 0.574. The van der Waals surface area contributed by atoms with Crippen molar-refractivity contribution in [1.29, 1.82) is 0 Å². The number of rotatable bonds is 2. The molecule has 2 atom stereocenters. The summed E-state index contributed by atoms with van der Waals surface area (Å²) in [5.74, 6) is 0.871. The van der Waals surface area contributed by atoms with Crippen LogP contribution in [-0.4, -0.2) is 22.8 Å². The van der Waals surface area contributed by atoms with Gasteiger partial charge in [0.1, 0.15) is 5.82 Å². The average Bonchev–Trinajstić information content (AvgIpc) is 2.95. The minimum atomic E-state index is -0.144. The zero-order valence-electron chi connectivity index (χ0n) is 10.1. The first-order valence-corrected chi connectivity index (χ1v) is 6.88. The molecule has 1 fully saturated rings. The largest absolute Gasteiger partial charge is 0.379 e. The molecular formula is C13H14Cl2N2O. The Morgan fingerprint density at radius 1 is 1.50 bits per heavy atom. The fraction of sp³-hybridized carbons (Fsp3) is 0.462. The van der Waals surface area contributed by atoms with Gasteiger partial charge < -0.3 is 9.30 Å². The molecule has 3 rings (SSSR count). The van der Waals surface area contributed by atoms with Crippen LogP contribution >= 0.6 is 23.2 Å². The first-order valence-electron chi connectivity index (χ1n) is 6.06. The van der Waals surface area contributed by atoms with Crippen LogP contribution in [0.4, 0.5) is 0 Å². The van der Waals surface area contributed by atoms with Crippen LogP contribution in [0.2, 0.25) is 5.02 Å². The Morgan fingerprint density at radius 3 is 3.00 bits per heavy atom. The van der Waals surface area contributed by atoms with E-state index in [1.165, 1.54) is 0 Å². The summed E-state index contributed by atoms with van der Waals surface area (Å²) in [6, 6.07) is 6.05. The Kier molecular flexibility index (Phi) is 3.22. The number of imidazole rings is 1. The van der Waals surface area contributed by atoms with E-state index in [-0.39, 0.29) is 11.4 Å². The van der Waals surface area contributed by atoms with Gasteiger partial charge in [0.05, 0.1) is 34.1 Å². The molecule has 3 nitrogen and oxygen atoms in total. The van der Waals surface area contributed by atoms with E-state index in [2.05, 4.69) is 9.55 Å². The second-order valence-corrected chi connectivity index (χ2v) is 5.64. The first kappa shape index (κ1) is 12.3. The van der Waals surface area contributed by atoms with Crippen molar-refractivity contribution in [1.82, 2.24) is 9.55 Å². The number of para-hydroxylation sites is 1. The summed E-state index contributed by atoms with van der Waals surface area (Å²) in [4.78, 5) is 4.61. The van der Waals surface area contributed by atoms with Crippen LogP contribution in [0.3, 0.4) is 0 Å². The zero-order valence-corrected chi connectivity index (χ0v) is 11.6. The molecule has 1 aromatic carbocycles. The van der Waals surface area contributed by atoms with E-state index in [0.717, 1.165) is 34.9 Å². The summed E-state index contributed by atoms with van der Waals surface area (Å²) < 4.78 is 7.62. The SMILES string of the molecule is CC(Cl)c1nc2cccc(Cl)c2n1C1CCOC1. The van der Waals surface area contributed by atoms with Gasteiger partial charge in [-0.15, -0.1) is 11.6 Å². The Morgan fingerprint density at radius 2 is 2.33 bits per heavy atom. The topological polar surface area (TPSA) is 27.1 Å². The molecule has 1 aromatic heterocycles. The van der Waals surface area contributed by atoms with E-state index >= 15 is 0 Å². The standard InChI is InChI=1S/C13H14Cl2N2O/c1-8(14)13-16-11-4-2-3-10(15)12(11)17(13)9-5-6-18-7-9/h2-4,8-9H,5-7H2,1H3. The van der Waals surface area contributed by atoms with Gasteiger partial charge in [-0.25, -0.2) is 4.98 Å². The highest BCUT2D eigenvalue weighted by Gasteiger charge is 2.25.